The molecule has 0 bridgehead atoms. The third kappa shape index (κ3) is 9.45. The summed E-state index contributed by atoms with van der Waals surface area (Å²) in [5, 5.41) is 17.4. The van der Waals surface area contributed by atoms with Crippen molar-refractivity contribution >= 4 is 41.2 Å². The lowest BCUT2D eigenvalue weighted by molar-refractivity contribution is -0.220. The number of allylic oxidation sites excluding steroid dienone is 4. The van der Waals surface area contributed by atoms with Crippen molar-refractivity contribution < 1.29 is 62.4 Å². The molecule has 0 aromatic heterocycles. The van der Waals surface area contributed by atoms with E-state index in [1.165, 1.54) is 12.2 Å². The third-order valence-electron chi connectivity index (χ3n) is 15.2. The number of imide groups is 1. The molecule has 0 radical (unpaired) electrons. The summed E-state index contributed by atoms with van der Waals surface area (Å²) in [6, 6.07) is -0.872. The Hall–Kier alpha value is -4.09. The van der Waals surface area contributed by atoms with Crippen LogP contribution < -0.4 is 10.6 Å². The molecule has 3 aliphatic heterocycles. The number of amides is 4. The van der Waals surface area contributed by atoms with Gasteiger partial charge >= 0.3 is 5.97 Å². The van der Waals surface area contributed by atoms with Crippen LogP contribution >= 0.6 is 0 Å². The maximum Gasteiger partial charge on any atom is 0.325 e. The number of rotatable bonds is 19. The number of nitrogens with zero attached hydrogens (tertiary/aromatic N) is 1. The van der Waals surface area contributed by atoms with Crippen molar-refractivity contribution in [2.45, 2.75) is 161 Å². The molecule has 3 heterocycles. The van der Waals surface area contributed by atoms with Gasteiger partial charge in [-0.15, -0.1) is 0 Å². The van der Waals surface area contributed by atoms with E-state index in [1.54, 1.807) is 26.0 Å². The van der Waals surface area contributed by atoms with Gasteiger partial charge in [0.2, 0.25) is 11.8 Å². The number of carbonyl (C=O) groups excluding carboxylic acids is 7. The summed E-state index contributed by atoms with van der Waals surface area (Å²) in [6.45, 7) is 9.34. The number of hydrogen-bond donors (Lipinski definition) is 3. The summed E-state index contributed by atoms with van der Waals surface area (Å²) < 4.78 is 31.2. The number of ketones is 2. The smallest absolute Gasteiger partial charge is 0.325 e. The van der Waals surface area contributed by atoms with E-state index in [2.05, 4.69) is 24.5 Å². The Kier molecular flexibility index (Phi) is 14.8. The van der Waals surface area contributed by atoms with Crippen molar-refractivity contribution in [3.63, 3.8) is 0 Å². The van der Waals surface area contributed by atoms with Gasteiger partial charge in [0.15, 0.2) is 29.7 Å². The molecule has 16 heteroatoms. The van der Waals surface area contributed by atoms with Gasteiger partial charge in [0, 0.05) is 41.9 Å². The van der Waals surface area contributed by atoms with E-state index in [0.29, 0.717) is 57.8 Å². The van der Waals surface area contributed by atoms with Gasteiger partial charge < -0.3 is 39.4 Å². The van der Waals surface area contributed by atoms with Crippen molar-refractivity contribution in [2.24, 2.45) is 34.5 Å². The summed E-state index contributed by atoms with van der Waals surface area (Å²) >= 11 is 0. The molecule has 12 unspecified atom stereocenters. The zero-order valence-electron chi connectivity index (χ0n) is 38.0. The zero-order valence-corrected chi connectivity index (χ0v) is 38.0. The highest BCUT2D eigenvalue weighted by Gasteiger charge is 2.75. The Morgan fingerprint density at radius 2 is 1.77 bits per heavy atom. The van der Waals surface area contributed by atoms with Gasteiger partial charge in [-0.2, -0.15) is 0 Å². The predicted molar refractivity (Wildman–Crippen MR) is 229 cm³/mol. The number of ether oxygens (including phenoxy) is 5. The van der Waals surface area contributed by atoms with Crippen LogP contribution in [0.15, 0.2) is 36.0 Å². The highest BCUT2D eigenvalue weighted by Crippen LogP contribution is 2.69. The molecule has 7 aliphatic rings. The molecule has 7 rings (SSSR count). The quantitative estimate of drug-likeness (QED) is 0.0955. The second-order valence-corrected chi connectivity index (χ2v) is 19.7. The Balaban J connectivity index is 0.874. The second kappa shape index (κ2) is 19.8. The third-order valence-corrected chi connectivity index (χ3v) is 15.2. The molecular weight excluding hydrogens is 827 g/mol. The van der Waals surface area contributed by atoms with E-state index in [0.717, 1.165) is 29.7 Å². The summed E-state index contributed by atoms with van der Waals surface area (Å²) in [4.78, 5) is 90.0. The van der Waals surface area contributed by atoms with E-state index in [-0.39, 0.29) is 79.1 Å². The van der Waals surface area contributed by atoms with Gasteiger partial charge in [0.1, 0.15) is 25.8 Å². The number of hydrogen-bond acceptors (Lipinski definition) is 13. The molecule has 0 aromatic carbocycles. The van der Waals surface area contributed by atoms with Crippen LogP contribution in [0.4, 0.5) is 0 Å². The van der Waals surface area contributed by atoms with Crippen LogP contribution in [-0.2, 0) is 57.2 Å². The van der Waals surface area contributed by atoms with Gasteiger partial charge in [-0.3, -0.25) is 38.5 Å². The van der Waals surface area contributed by atoms with Gasteiger partial charge in [-0.05, 0) is 94.1 Å². The standard InChI is InChI=1S/C48H67N3O13/c1-6-11-42-63-36-23-33-32-16-15-29-22-30(52)19-20-46(29,4)43(32)34(53)24-47(33,5)48(36,64-42)35(54)27-61-41-14-10-12-31(62-41)26-60-40(58)25-49-45(59)44(28(2)3)50-37(55)13-8-7-9-21-51-38(56)17-18-39(51)57/h17-20,22,28,31-34,36,41-44,53H,6-16,21,23-27H2,1-5H3,(H,49,59)(H,50,55). The Bertz CT molecular complexity index is 1910. The maximum atomic E-state index is 14.7. The van der Waals surface area contributed by atoms with Crippen LogP contribution in [0.3, 0.4) is 0 Å². The van der Waals surface area contributed by atoms with Crippen LogP contribution in [0.1, 0.15) is 118 Å². The first-order chi connectivity index (χ1) is 30.5. The molecule has 2 saturated heterocycles. The van der Waals surface area contributed by atoms with Gasteiger partial charge in [-0.1, -0.05) is 59.1 Å². The lowest BCUT2D eigenvalue weighted by Gasteiger charge is -2.59. The van der Waals surface area contributed by atoms with E-state index in [4.69, 9.17) is 23.7 Å². The SMILES string of the molecule is CCCC1OC2CC3C4CCC5=CC(=O)C=CC5(C)C4C(O)CC3(C)C2(C(=O)COC2CCCC(COC(=O)CNC(=O)C(NC(=O)CCCCCN3C(=O)C=CC3=O)C(C)C)O2)O1. The van der Waals surface area contributed by atoms with E-state index in [1.807, 2.05) is 13.0 Å². The van der Waals surface area contributed by atoms with Crippen molar-refractivity contribution in [1.82, 2.24) is 15.5 Å². The molecule has 0 aromatic rings. The number of esters is 1. The monoisotopic (exact) mass is 893 g/mol. The fourth-order valence-corrected chi connectivity index (χ4v) is 12.1. The van der Waals surface area contributed by atoms with Crippen LogP contribution in [0.25, 0.3) is 0 Å². The summed E-state index contributed by atoms with van der Waals surface area (Å²) in [7, 11) is 0. The Labute approximate surface area is 375 Å². The first-order valence-corrected chi connectivity index (χ1v) is 23.5. The molecule has 3 saturated carbocycles. The molecule has 0 spiro atoms. The van der Waals surface area contributed by atoms with Crippen LogP contribution in [0.2, 0.25) is 0 Å². The van der Waals surface area contributed by atoms with Crippen molar-refractivity contribution in [3.8, 4) is 0 Å². The number of aliphatic hydroxyl groups is 1. The topological polar surface area (TPSA) is 213 Å². The van der Waals surface area contributed by atoms with Gasteiger partial charge in [0.25, 0.3) is 11.8 Å². The number of aliphatic hydroxyl groups excluding tert-OH is 1. The Morgan fingerprint density at radius 1 is 1.00 bits per heavy atom. The van der Waals surface area contributed by atoms with E-state index in [9.17, 15) is 38.7 Å². The maximum absolute atomic E-state index is 14.7. The van der Waals surface area contributed by atoms with Crippen LogP contribution in [0, 0.1) is 34.5 Å². The summed E-state index contributed by atoms with van der Waals surface area (Å²) in [5.41, 5.74) is -1.43. The minimum absolute atomic E-state index is 0.0186. The molecule has 64 heavy (non-hydrogen) atoms. The summed E-state index contributed by atoms with van der Waals surface area (Å²) in [5.74, 6) is -2.67. The van der Waals surface area contributed by atoms with Crippen molar-refractivity contribution in [1.29, 1.82) is 0 Å². The summed E-state index contributed by atoms with van der Waals surface area (Å²) in [6.07, 6.45) is 12.5. The predicted octanol–water partition coefficient (Wildman–Crippen LogP) is 3.92. The molecule has 3 N–H and O–H groups in total. The van der Waals surface area contributed by atoms with Crippen LogP contribution in [0.5, 0.6) is 0 Å². The highest BCUT2D eigenvalue weighted by molar-refractivity contribution is 6.12. The minimum atomic E-state index is -1.32. The molecule has 16 nitrogen and oxygen atoms in total. The molecular formula is C48H67N3O13. The van der Waals surface area contributed by atoms with Crippen molar-refractivity contribution in [3.05, 3.63) is 36.0 Å². The number of Topliss-reactive ketones (excluding diaryl/α,β-unsaturated/α-hetero) is 1. The largest absolute Gasteiger partial charge is 0.462 e. The number of fused-ring (bicyclic) bond motifs is 7. The molecule has 4 amide bonds. The zero-order chi connectivity index (χ0) is 46.0. The molecule has 12 atom stereocenters. The van der Waals surface area contributed by atoms with E-state index >= 15 is 0 Å². The minimum Gasteiger partial charge on any atom is -0.462 e. The first kappa shape index (κ1) is 47.9. The van der Waals surface area contributed by atoms with Crippen molar-refractivity contribution in [2.75, 3.05) is 26.3 Å². The second-order valence-electron chi connectivity index (χ2n) is 19.7. The Morgan fingerprint density at radius 3 is 2.50 bits per heavy atom. The fourth-order valence-electron chi connectivity index (χ4n) is 12.1. The first-order valence-electron chi connectivity index (χ1n) is 23.5. The number of carbonyl (C=O) groups is 7. The molecule has 5 fully saturated rings. The molecule has 352 valence electrons. The lowest BCUT2D eigenvalue weighted by Crippen LogP contribution is -2.63. The average Bonchev–Trinajstić information content (AvgIpc) is 3.87. The molecule has 4 aliphatic carbocycles. The highest BCUT2D eigenvalue weighted by atomic mass is 16.7. The average molecular weight is 894 g/mol. The van der Waals surface area contributed by atoms with E-state index < -0.39 is 71.8 Å². The number of nitrogens with one attached hydrogen (secondary N) is 2. The normalized spacial score (nSPS) is 35.6. The lowest BCUT2D eigenvalue weighted by atomic mass is 9.46. The van der Waals surface area contributed by atoms with Crippen LogP contribution in [-0.4, -0.2) is 120 Å². The van der Waals surface area contributed by atoms with Gasteiger partial charge in [-0.25, -0.2) is 0 Å². The van der Waals surface area contributed by atoms with Gasteiger partial charge in [0.05, 0.1) is 18.3 Å². The number of unbranched alkanes of at least 4 members (excludes halogenated alkanes) is 2. The fraction of sp³-hybridized carbons (Fsp3) is 0.729.